The molecule has 2 aromatic carbocycles. The van der Waals surface area contributed by atoms with Crippen molar-refractivity contribution in [3.05, 3.63) is 65.2 Å². The zero-order chi connectivity index (χ0) is 14.5. The van der Waals surface area contributed by atoms with Crippen LogP contribution >= 0.6 is 0 Å². The Balaban J connectivity index is 2.10. The number of nitrogens with one attached hydrogen (secondary N) is 1. The second kappa shape index (κ2) is 6.15. The van der Waals surface area contributed by atoms with Crippen molar-refractivity contribution in [3.63, 3.8) is 0 Å². The van der Waals surface area contributed by atoms with Crippen molar-refractivity contribution in [2.45, 2.75) is 20.3 Å². The summed E-state index contributed by atoms with van der Waals surface area (Å²) < 4.78 is 0. The third-order valence-corrected chi connectivity index (χ3v) is 3.07. The number of hydrogen-bond acceptors (Lipinski definition) is 2. The van der Waals surface area contributed by atoms with Gasteiger partial charge < -0.3 is 5.32 Å². The van der Waals surface area contributed by atoms with Gasteiger partial charge in [-0.1, -0.05) is 24.6 Å². The predicted molar refractivity (Wildman–Crippen MR) is 80.2 cm³/mol. The molecule has 2 rings (SSSR count). The number of hydrogen-bond donors (Lipinski definition) is 1. The van der Waals surface area contributed by atoms with Gasteiger partial charge in [-0.3, -0.25) is 9.59 Å². The summed E-state index contributed by atoms with van der Waals surface area (Å²) in [5.74, 6) is -0.0511. The molecule has 0 saturated carbocycles. The molecule has 3 heteroatoms. The molecule has 3 nitrogen and oxygen atoms in total. The van der Waals surface area contributed by atoms with E-state index in [0.29, 0.717) is 23.2 Å². The Kier molecular flexibility index (Phi) is 4.31. The fourth-order valence-electron chi connectivity index (χ4n) is 1.93. The number of Topliss-reactive ketones (excluding diaryl/α,β-unsaturated/α-hetero) is 1. The average Bonchev–Trinajstić information content (AvgIpc) is 2.47. The summed E-state index contributed by atoms with van der Waals surface area (Å²) in [7, 11) is 0. The number of carbonyl (C=O) groups excluding carboxylic acids is 2. The Bertz CT molecular complexity index is 630. The maximum Gasteiger partial charge on any atom is 0.255 e. The third kappa shape index (κ3) is 3.32. The summed E-state index contributed by atoms with van der Waals surface area (Å²) in [6, 6.07) is 14.4. The first-order chi connectivity index (χ1) is 9.60. The Morgan fingerprint density at radius 2 is 1.70 bits per heavy atom. The quantitative estimate of drug-likeness (QED) is 0.855. The first-order valence-electron chi connectivity index (χ1n) is 6.61. The fourth-order valence-corrected chi connectivity index (χ4v) is 1.93. The van der Waals surface area contributed by atoms with E-state index in [9.17, 15) is 9.59 Å². The molecule has 0 aliphatic heterocycles. The van der Waals surface area contributed by atoms with Gasteiger partial charge in [0.1, 0.15) is 0 Å². The van der Waals surface area contributed by atoms with Crippen molar-refractivity contribution in [1.82, 2.24) is 0 Å². The van der Waals surface area contributed by atoms with Crippen LogP contribution in [0.2, 0.25) is 0 Å². The molecule has 2 aromatic rings. The molecular formula is C17H17NO2. The number of ketones is 1. The van der Waals surface area contributed by atoms with Crippen molar-refractivity contribution < 1.29 is 9.59 Å². The first-order valence-corrected chi connectivity index (χ1v) is 6.61. The summed E-state index contributed by atoms with van der Waals surface area (Å²) in [5, 5.41) is 2.82. The molecule has 0 aliphatic carbocycles. The summed E-state index contributed by atoms with van der Waals surface area (Å²) in [6.07, 6.45) is 0.481. The topological polar surface area (TPSA) is 46.2 Å². The second-order valence-corrected chi connectivity index (χ2v) is 4.68. The van der Waals surface area contributed by atoms with Crippen LogP contribution in [0.25, 0.3) is 0 Å². The van der Waals surface area contributed by atoms with E-state index in [-0.39, 0.29) is 11.7 Å². The van der Waals surface area contributed by atoms with E-state index < -0.39 is 0 Å². The Hall–Kier alpha value is -2.42. The first kappa shape index (κ1) is 14.0. The van der Waals surface area contributed by atoms with Crippen LogP contribution in [0.1, 0.15) is 39.6 Å². The highest BCUT2D eigenvalue weighted by Crippen LogP contribution is 2.13. The number of carbonyl (C=O) groups is 2. The van der Waals surface area contributed by atoms with Gasteiger partial charge in [-0.05, 0) is 43.3 Å². The average molecular weight is 267 g/mol. The lowest BCUT2D eigenvalue weighted by atomic mass is 10.1. The van der Waals surface area contributed by atoms with Crippen molar-refractivity contribution in [3.8, 4) is 0 Å². The van der Waals surface area contributed by atoms with Crippen LogP contribution in [-0.2, 0) is 0 Å². The van der Waals surface area contributed by atoms with Crippen LogP contribution in [0.15, 0.2) is 48.5 Å². The van der Waals surface area contributed by atoms with Crippen molar-refractivity contribution in [2.24, 2.45) is 0 Å². The predicted octanol–water partition coefficient (Wildman–Crippen LogP) is 3.84. The molecule has 0 aromatic heterocycles. The molecule has 1 amide bonds. The normalized spacial score (nSPS) is 10.1. The number of amides is 1. The number of rotatable bonds is 4. The van der Waals surface area contributed by atoms with Gasteiger partial charge in [0.05, 0.1) is 0 Å². The molecule has 1 N–H and O–H groups in total. The van der Waals surface area contributed by atoms with Gasteiger partial charge in [-0.2, -0.15) is 0 Å². The van der Waals surface area contributed by atoms with Gasteiger partial charge in [0.25, 0.3) is 5.91 Å². The van der Waals surface area contributed by atoms with Gasteiger partial charge in [-0.25, -0.2) is 0 Å². The molecule has 0 unspecified atom stereocenters. The number of benzene rings is 2. The molecule has 0 radical (unpaired) electrons. The molecule has 0 bridgehead atoms. The minimum atomic E-state index is -0.150. The molecule has 0 aliphatic rings. The van der Waals surface area contributed by atoms with E-state index in [1.807, 2.05) is 32.0 Å². The lowest BCUT2D eigenvalue weighted by Crippen LogP contribution is -2.12. The van der Waals surface area contributed by atoms with Gasteiger partial charge >= 0.3 is 0 Å². The molecule has 0 heterocycles. The lowest BCUT2D eigenvalue weighted by Gasteiger charge is -2.06. The molecule has 0 atom stereocenters. The van der Waals surface area contributed by atoms with E-state index in [0.717, 1.165) is 5.56 Å². The Morgan fingerprint density at radius 1 is 1.00 bits per heavy atom. The van der Waals surface area contributed by atoms with Crippen molar-refractivity contribution in [1.29, 1.82) is 0 Å². The molecule has 0 spiro atoms. The van der Waals surface area contributed by atoms with E-state index in [2.05, 4.69) is 5.32 Å². The highest BCUT2D eigenvalue weighted by molar-refractivity contribution is 6.04. The molecule has 0 fully saturated rings. The Labute approximate surface area is 118 Å². The number of aryl methyl sites for hydroxylation is 1. The van der Waals surface area contributed by atoms with Crippen molar-refractivity contribution >= 4 is 17.4 Å². The second-order valence-electron chi connectivity index (χ2n) is 4.68. The maximum atomic E-state index is 12.1. The van der Waals surface area contributed by atoms with Crippen LogP contribution in [0.5, 0.6) is 0 Å². The molecule has 20 heavy (non-hydrogen) atoms. The van der Waals surface area contributed by atoms with E-state index in [1.165, 1.54) is 0 Å². The van der Waals surface area contributed by atoms with Gasteiger partial charge in [0, 0.05) is 23.2 Å². The number of anilines is 1. The highest BCUT2D eigenvalue weighted by Gasteiger charge is 2.07. The van der Waals surface area contributed by atoms with Crippen LogP contribution in [-0.4, -0.2) is 11.7 Å². The van der Waals surface area contributed by atoms with E-state index >= 15 is 0 Å². The molecule has 102 valence electrons. The van der Waals surface area contributed by atoms with Crippen molar-refractivity contribution in [2.75, 3.05) is 5.32 Å². The van der Waals surface area contributed by atoms with Crippen LogP contribution in [0.3, 0.4) is 0 Å². The van der Waals surface area contributed by atoms with E-state index in [1.54, 1.807) is 30.3 Å². The van der Waals surface area contributed by atoms with Crippen LogP contribution in [0, 0.1) is 6.92 Å². The smallest absolute Gasteiger partial charge is 0.255 e. The highest BCUT2D eigenvalue weighted by atomic mass is 16.1. The summed E-state index contributed by atoms with van der Waals surface area (Å²) in [4.78, 5) is 23.6. The van der Waals surface area contributed by atoms with E-state index in [4.69, 9.17) is 0 Å². The zero-order valence-electron chi connectivity index (χ0n) is 11.6. The van der Waals surface area contributed by atoms with Gasteiger partial charge in [-0.15, -0.1) is 0 Å². The fraction of sp³-hybridized carbons (Fsp3) is 0.176. The standard InChI is InChI=1S/C17H17NO2/c1-3-16(19)13-7-9-15(10-8-13)18-17(20)14-6-4-5-12(2)11-14/h4-11H,3H2,1-2H3,(H,18,20). The monoisotopic (exact) mass is 267 g/mol. The minimum Gasteiger partial charge on any atom is -0.322 e. The SMILES string of the molecule is CCC(=O)c1ccc(NC(=O)c2cccc(C)c2)cc1. The lowest BCUT2D eigenvalue weighted by molar-refractivity contribution is 0.0987. The third-order valence-electron chi connectivity index (χ3n) is 3.07. The molecule has 0 saturated heterocycles. The van der Waals surface area contributed by atoms with Crippen LogP contribution in [0.4, 0.5) is 5.69 Å². The Morgan fingerprint density at radius 3 is 2.30 bits per heavy atom. The largest absolute Gasteiger partial charge is 0.322 e. The summed E-state index contributed by atoms with van der Waals surface area (Å²) in [5.41, 5.74) is 3.02. The zero-order valence-corrected chi connectivity index (χ0v) is 11.6. The van der Waals surface area contributed by atoms with Gasteiger partial charge in [0.2, 0.25) is 0 Å². The molecular weight excluding hydrogens is 250 g/mol. The van der Waals surface area contributed by atoms with Gasteiger partial charge in [0.15, 0.2) is 5.78 Å². The summed E-state index contributed by atoms with van der Waals surface area (Å²) in [6.45, 7) is 3.78. The minimum absolute atomic E-state index is 0.0987. The summed E-state index contributed by atoms with van der Waals surface area (Å²) >= 11 is 0. The van der Waals surface area contributed by atoms with Crippen LogP contribution < -0.4 is 5.32 Å². The maximum absolute atomic E-state index is 12.1.